The van der Waals surface area contributed by atoms with Gasteiger partial charge in [0.15, 0.2) is 6.61 Å². The molecule has 1 fully saturated rings. The van der Waals surface area contributed by atoms with Crippen LogP contribution in [-0.2, 0) is 0 Å². The second kappa shape index (κ2) is 5.10. The van der Waals surface area contributed by atoms with Gasteiger partial charge in [-0.2, -0.15) is 0 Å². The lowest BCUT2D eigenvalue weighted by Gasteiger charge is -2.05. The summed E-state index contributed by atoms with van der Waals surface area (Å²) in [6.07, 6.45) is 6.21. The van der Waals surface area contributed by atoms with Crippen molar-refractivity contribution in [2.24, 2.45) is 5.92 Å². The van der Waals surface area contributed by atoms with Crippen LogP contribution in [0.3, 0.4) is 0 Å². The first kappa shape index (κ1) is 11.1. The Kier molecular flexibility index (Phi) is 3.54. The SMILES string of the molecule is CCO[n+]1ccccc1C(=O)C1CCCC1. The second-order valence-corrected chi connectivity index (χ2v) is 4.18. The van der Waals surface area contributed by atoms with Crippen LogP contribution in [0.1, 0.15) is 43.1 Å². The number of ketones is 1. The molecule has 0 saturated heterocycles. The molecule has 0 bridgehead atoms. The summed E-state index contributed by atoms with van der Waals surface area (Å²) in [6, 6.07) is 5.61. The van der Waals surface area contributed by atoms with Gasteiger partial charge in [0.2, 0.25) is 12.0 Å². The minimum atomic E-state index is 0.203. The Morgan fingerprint density at radius 2 is 2.19 bits per heavy atom. The number of aromatic nitrogens is 1. The average Bonchev–Trinajstić information content (AvgIpc) is 2.83. The van der Waals surface area contributed by atoms with Crippen LogP contribution >= 0.6 is 0 Å². The number of Topliss-reactive ketones (excluding diaryl/α,β-unsaturated/α-hetero) is 1. The number of nitrogens with zero attached hydrogens (tertiary/aromatic N) is 1. The topological polar surface area (TPSA) is 30.2 Å². The van der Waals surface area contributed by atoms with Crippen LogP contribution in [0.5, 0.6) is 0 Å². The number of carbonyl (C=O) groups is 1. The van der Waals surface area contributed by atoms with Crippen molar-refractivity contribution >= 4 is 5.78 Å². The van der Waals surface area contributed by atoms with E-state index in [2.05, 4.69) is 0 Å². The van der Waals surface area contributed by atoms with Gasteiger partial charge in [0, 0.05) is 22.8 Å². The Labute approximate surface area is 96.0 Å². The van der Waals surface area contributed by atoms with E-state index >= 15 is 0 Å². The van der Waals surface area contributed by atoms with Gasteiger partial charge >= 0.3 is 0 Å². The summed E-state index contributed by atoms with van der Waals surface area (Å²) in [7, 11) is 0. The maximum Gasteiger partial charge on any atom is 0.300 e. The van der Waals surface area contributed by atoms with Crippen molar-refractivity contribution in [3.05, 3.63) is 30.1 Å². The Balaban J connectivity index is 2.21. The number of hydrogen-bond donors (Lipinski definition) is 0. The van der Waals surface area contributed by atoms with Gasteiger partial charge in [-0.05, 0) is 25.8 Å². The molecule has 0 aliphatic heterocycles. The van der Waals surface area contributed by atoms with Crippen LogP contribution in [-0.4, -0.2) is 12.4 Å². The van der Waals surface area contributed by atoms with Crippen molar-refractivity contribution in [1.82, 2.24) is 0 Å². The molecule has 1 heterocycles. The summed E-state index contributed by atoms with van der Waals surface area (Å²) in [6.45, 7) is 2.49. The largest absolute Gasteiger partial charge is 0.300 e. The molecule has 1 aromatic heterocycles. The van der Waals surface area contributed by atoms with Crippen LogP contribution in [0.15, 0.2) is 24.4 Å². The zero-order valence-corrected chi connectivity index (χ0v) is 9.69. The van der Waals surface area contributed by atoms with Gasteiger partial charge in [0.1, 0.15) is 0 Å². The highest BCUT2D eigenvalue weighted by Crippen LogP contribution is 2.27. The fourth-order valence-corrected chi connectivity index (χ4v) is 2.27. The van der Waals surface area contributed by atoms with Crippen molar-refractivity contribution in [3.8, 4) is 0 Å². The first-order valence-corrected chi connectivity index (χ1v) is 6.01. The van der Waals surface area contributed by atoms with E-state index in [0.717, 1.165) is 12.8 Å². The molecule has 0 aromatic carbocycles. The predicted octanol–water partition coefficient (Wildman–Crippen LogP) is 1.80. The van der Waals surface area contributed by atoms with E-state index in [0.29, 0.717) is 12.3 Å². The van der Waals surface area contributed by atoms with E-state index in [1.54, 1.807) is 10.9 Å². The Morgan fingerprint density at radius 3 is 2.88 bits per heavy atom. The maximum atomic E-state index is 12.2. The highest BCUT2D eigenvalue weighted by atomic mass is 16.7. The summed E-state index contributed by atoms with van der Waals surface area (Å²) in [4.78, 5) is 17.7. The van der Waals surface area contributed by atoms with E-state index in [1.165, 1.54) is 12.8 Å². The van der Waals surface area contributed by atoms with Crippen molar-refractivity contribution in [3.63, 3.8) is 0 Å². The second-order valence-electron chi connectivity index (χ2n) is 4.18. The smallest absolute Gasteiger partial charge is 0.287 e. The van der Waals surface area contributed by atoms with E-state index < -0.39 is 0 Å². The lowest BCUT2D eigenvalue weighted by molar-refractivity contribution is -0.892. The number of hydrogen-bond acceptors (Lipinski definition) is 2. The molecule has 16 heavy (non-hydrogen) atoms. The van der Waals surface area contributed by atoms with E-state index in [1.807, 2.05) is 25.1 Å². The van der Waals surface area contributed by atoms with Gasteiger partial charge in [0.25, 0.3) is 5.69 Å². The molecule has 0 radical (unpaired) electrons. The van der Waals surface area contributed by atoms with E-state index in [4.69, 9.17) is 4.84 Å². The summed E-state index contributed by atoms with van der Waals surface area (Å²) in [5.74, 6) is 0.431. The molecule has 0 atom stereocenters. The maximum absolute atomic E-state index is 12.2. The highest BCUT2D eigenvalue weighted by Gasteiger charge is 2.30. The summed E-state index contributed by atoms with van der Waals surface area (Å²) in [5, 5.41) is 0. The van der Waals surface area contributed by atoms with Gasteiger partial charge in [-0.3, -0.25) is 9.63 Å². The van der Waals surface area contributed by atoms with Crippen molar-refractivity contribution < 1.29 is 14.4 Å². The minimum Gasteiger partial charge on any atom is -0.287 e. The molecule has 3 nitrogen and oxygen atoms in total. The van der Waals surface area contributed by atoms with Crippen LogP contribution in [0.4, 0.5) is 0 Å². The summed E-state index contributed by atoms with van der Waals surface area (Å²) < 4.78 is 1.60. The van der Waals surface area contributed by atoms with Gasteiger partial charge in [-0.25, -0.2) is 0 Å². The number of pyridine rings is 1. The minimum absolute atomic E-state index is 0.203. The third-order valence-electron chi connectivity index (χ3n) is 3.07. The lowest BCUT2D eigenvalue weighted by Crippen LogP contribution is -2.48. The molecule has 1 aliphatic rings. The van der Waals surface area contributed by atoms with Crippen LogP contribution in [0.2, 0.25) is 0 Å². The van der Waals surface area contributed by atoms with Crippen LogP contribution < -0.4 is 9.57 Å². The zero-order valence-electron chi connectivity index (χ0n) is 9.69. The standard InChI is InChI=1S/C13H18NO2/c1-2-16-14-10-6-5-9-12(14)13(15)11-7-3-4-8-11/h5-6,9-11H,2-4,7-8H2,1H3/q+1. The molecule has 0 N–H and O–H groups in total. The Bertz CT molecular complexity index is 370. The molecule has 1 saturated carbocycles. The van der Waals surface area contributed by atoms with Crippen molar-refractivity contribution in [1.29, 1.82) is 0 Å². The molecular weight excluding hydrogens is 202 g/mol. The molecule has 0 unspecified atom stereocenters. The monoisotopic (exact) mass is 220 g/mol. The quantitative estimate of drug-likeness (QED) is 0.572. The van der Waals surface area contributed by atoms with Gasteiger partial charge in [-0.1, -0.05) is 12.8 Å². The van der Waals surface area contributed by atoms with Gasteiger partial charge in [0.05, 0.1) is 0 Å². The molecule has 0 spiro atoms. The molecule has 0 amide bonds. The fourth-order valence-electron chi connectivity index (χ4n) is 2.27. The number of carbonyl (C=O) groups excluding carboxylic acids is 1. The Morgan fingerprint density at radius 1 is 1.44 bits per heavy atom. The predicted molar refractivity (Wildman–Crippen MR) is 60.0 cm³/mol. The summed E-state index contributed by atoms with van der Waals surface area (Å²) >= 11 is 0. The lowest BCUT2D eigenvalue weighted by atomic mass is 10.00. The highest BCUT2D eigenvalue weighted by molar-refractivity contribution is 5.94. The first-order valence-electron chi connectivity index (χ1n) is 6.01. The number of rotatable bonds is 4. The Hall–Kier alpha value is -1.38. The van der Waals surface area contributed by atoms with Crippen molar-refractivity contribution in [2.75, 3.05) is 6.61 Å². The third-order valence-corrected chi connectivity index (χ3v) is 3.07. The van der Waals surface area contributed by atoms with Gasteiger partial charge in [-0.15, -0.1) is 0 Å². The van der Waals surface area contributed by atoms with Crippen LogP contribution in [0.25, 0.3) is 0 Å². The normalized spacial score (nSPS) is 16.3. The van der Waals surface area contributed by atoms with Gasteiger partial charge < -0.3 is 0 Å². The average molecular weight is 220 g/mol. The molecule has 1 aromatic rings. The molecule has 86 valence electrons. The fraction of sp³-hybridized carbons (Fsp3) is 0.538. The first-order chi connectivity index (χ1) is 7.83. The molecule has 3 heteroatoms. The van der Waals surface area contributed by atoms with Crippen LogP contribution in [0, 0.1) is 5.92 Å². The molecular formula is C13H18NO2+. The van der Waals surface area contributed by atoms with E-state index in [9.17, 15) is 4.79 Å². The molecule has 2 rings (SSSR count). The van der Waals surface area contributed by atoms with E-state index in [-0.39, 0.29) is 11.7 Å². The summed E-state index contributed by atoms with van der Waals surface area (Å²) in [5.41, 5.74) is 0.677. The third kappa shape index (κ3) is 2.23. The molecule has 1 aliphatic carbocycles. The van der Waals surface area contributed by atoms with Crippen molar-refractivity contribution in [2.45, 2.75) is 32.6 Å². The zero-order chi connectivity index (χ0) is 11.4.